The average molecular weight is 316 g/mol. The Balaban J connectivity index is 1.73. The van der Waals surface area contributed by atoms with E-state index in [1.807, 2.05) is 11.8 Å². The molecule has 0 amide bonds. The summed E-state index contributed by atoms with van der Waals surface area (Å²) in [5.41, 5.74) is 5.00. The smallest absolute Gasteiger partial charge is 0.0997 e. The molecule has 1 aromatic heterocycles. The van der Waals surface area contributed by atoms with Crippen molar-refractivity contribution in [1.29, 1.82) is 0 Å². The van der Waals surface area contributed by atoms with Crippen LogP contribution < -0.4 is 0 Å². The molecule has 0 radical (unpaired) electrons. The van der Waals surface area contributed by atoms with Gasteiger partial charge in [-0.25, -0.2) is 4.98 Å². The van der Waals surface area contributed by atoms with Gasteiger partial charge in [0, 0.05) is 30.8 Å². The third-order valence-corrected chi connectivity index (χ3v) is 5.37. The van der Waals surface area contributed by atoms with Gasteiger partial charge in [-0.15, -0.1) is 11.8 Å². The first-order valence-corrected chi connectivity index (χ1v) is 8.94. The van der Waals surface area contributed by atoms with Crippen LogP contribution in [0.3, 0.4) is 0 Å². The maximum absolute atomic E-state index is 5.40. The number of thioether (sulfide) groups is 1. The lowest BCUT2D eigenvalue weighted by atomic mass is 10.0. The van der Waals surface area contributed by atoms with Crippen LogP contribution in [0.1, 0.15) is 16.7 Å². The van der Waals surface area contributed by atoms with Crippen molar-refractivity contribution in [3.8, 4) is 0 Å². The van der Waals surface area contributed by atoms with Gasteiger partial charge in [-0.3, -0.25) is 4.90 Å². The van der Waals surface area contributed by atoms with Crippen LogP contribution in [0.2, 0.25) is 0 Å². The molecule has 2 aromatic rings. The summed E-state index contributed by atoms with van der Waals surface area (Å²) in [6.45, 7) is 11.4. The van der Waals surface area contributed by atoms with E-state index in [1.54, 1.807) is 0 Å². The van der Waals surface area contributed by atoms with E-state index >= 15 is 0 Å². The summed E-state index contributed by atoms with van der Waals surface area (Å²) in [7, 11) is 0. The highest BCUT2D eigenvalue weighted by Crippen LogP contribution is 2.28. The maximum atomic E-state index is 5.40. The Morgan fingerprint density at radius 3 is 2.59 bits per heavy atom. The van der Waals surface area contributed by atoms with Gasteiger partial charge in [0.2, 0.25) is 0 Å². The predicted molar refractivity (Wildman–Crippen MR) is 93.9 cm³/mol. The van der Waals surface area contributed by atoms with Crippen molar-refractivity contribution >= 4 is 22.7 Å². The van der Waals surface area contributed by atoms with E-state index < -0.39 is 0 Å². The van der Waals surface area contributed by atoms with Crippen molar-refractivity contribution in [3.05, 3.63) is 34.9 Å². The molecule has 1 aromatic carbocycles. The zero-order valence-corrected chi connectivity index (χ0v) is 14.5. The van der Waals surface area contributed by atoms with Gasteiger partial charge in [0.1, 0.15) is 0 Å². The number of aromatic nitrogens is 1. The van der Waals surface area contributed by atoms with Crippen molar-refractivity contribution < 1.29 is 4.74 Å². The lowest BCUT2D eigenvalue weighted by Crippen LogP contribution is -2.37. The van der Waals surface area contributed by atoms with Gasteiger partial charge in [-0.2, -0.15) is 0 Å². The largest absolute Gasteiger partial charge is 0.379 e. The minimum absolute atomic E-state index is 0.871. The Bertz CT molecular complexity index is 666. The number of aryl methyl sites for hydroxylation is 3. The highest BCUT2D eigenvalue weighted by molar-refractivity contribution is 7.99. The van der Waals surface area contributed by atoms with Crippen LogP contribution in [-0.4, -0.2) is 48.5 Å². The lowest BCUT2D eigenvalue weighted by molar-refractivity contribution is 0.0410. The Kier molecular flexibility index (Phi) is 5.01. The third kappa shape index (κ3) is 3.45. The minimum atomic E-state index is 0.871. The van der Waals surface area contributed by atoms with Crippen LogP contribution in [0.15, 0.2) is 23.2 Å². The molecule has 1 aliphatic rings. The van der Waals surface area contributed by atoms with Gasteiger partial charge in [-0.1, -0.05) is 12.1 Å². The first-order chi connectivity index (χ1) is 10.6. The summed E-state index contributed by atoms with van der Waals surface area (Å²) < 4.78 is 5.40. The summed E-state index contributed by atoms with van der Waals surface area (Å²) in [6, 6.07) is 6.65. The normalized spacial score (nSPS) is 16.3. The first kappa shape index (κ1) is 15.8. The van der Waals surface area contributed by atoms with E-state index in [4.69, 9.17) is 9.72 Å². The summed E-state index contributed by atoms with van der Waals surface area (Å²) >= 11 is 1.88. The monoisotopic (exact) mass is 316 g/mol. The van der Waals surface area contributed by atoms with Gasteiger partial charge < -0.3 is 4.74 Å². The summed E-state index contributed by atoms with van der Waals surface area (Å²) in [5.74, 6) is 1.09. The van der Waals surface area contributed by atoms with E-state index in [0.29, 0.717) is 0 Å². The molecule has 0 saturated carbocycles. The van der Waals surface area contributed by atoms with Crippen molar-refractivity contribution in [1.82, 2.24) is 9.88 Å². The molecule has 22 heavy (non-hydrogen) atoms. The number of nitrogens with zero attached hydrogens (tertiary/aromatic N) is 2. The number of hydrogen-bond acceptors (Lipinski definition) is 4. The highest BCUT2D eigenvalue weighted by atomic mass is 32.2. The molecule has 118 valence electrons. The predicted octanol–water partition coefficient (Wildman–Crippen LogP) is 3.58. The molecular weight excluding hydrogens is 292 g/mol. The number of ether oxygens (including phenoxy) is 1. The molecule has 4 heteroatoms. The number of fused-ring (bicyclic) bond motifs is 1. The van der Waals surface area contributed by atoms with E-state index in [1.165, 1.54) is 27.1 Å². The Morgan fingerprint density at radius 2 is 1.82 bits per heavy atom. The summed E-state index contributed by atoms with van der Waals surface area (Å²) in [5, 5.41) is 2.46. The molecule has 0 aliphatic carbocycles. The van der Waals surface area contributed by atoms with Gasteiger partial charge in [0.25, 0.3) is 0 Å². The Labute approximate surface area is 137 Å². The molecule has 1 aliphatic heterocycles. The fourth-order valence-corrected chi connectivity index (χ4v) is 3.84. The van der Waals surface area contributed by atoms with Crippen LogP contribution in [0.25, 0.3) is 10.9 Å². The van der Waals surface area contributed by atoms with Crippen molar-refractivity contribution in [2.24, 2.45) is 0 Å². The van der Waals surface area contributed by atoms with Crippen LogP contribution in [0.4, 0.5) is 0 Å². The Morgan fingerprint density at radius 1 is 1.09 bits per heavy atom. The highest BCUT2D eigenvalue weighted by Gasteiger charge is 2.11. The minimum Gasteiger partial charge on any atom is -0.379 e. The zero-order valence-electron chi connectivity index (χ0n) is 13.7. The first-order valence-electron chi connectivity index (χ1n) is 7.95. The second kappa shape index (κ2) is 6.99. The lowest BCUT2D eigenvalue weighted by Gasteiger charge is -2.26. The molecule has 3 nitrogen and oxygen atoms in total. The quantitative estimate of drug-likeness (QED) is 0.805. The fraction of sp³-hybridized carbons (Fsp3) is 0.500. The van der Waals surface area contributed by atoms with Crippen molar-refractivity contribution in [2.75, 3.05) is 38.6 Å². The SMILES string of the molecule is Cc1cc2c(C)ccc(C)c2nc1SCCN1CCOCC1. The molecule has 1 fully saturated rings. The molecule has 0 bridgehead atoms. The number of pyridine rings is 1. The van der Waals surface area contributed by atoms with Gasteiger partial charge in [0.15, 0.2) is 0 Å². The zero-order chi connectivity index (χ0) is 15.5. The number of hydrogen-bond donors (Lipinski definition) is 0. The third-order valence-electron chi connectivity index (χ3n) is 4.30. The van der Waals surface area contributed by atoms with Crippen molar-refractivity contribution in [2.45, 2.75) is 25.8 Å². The summed E-state index contributed by atoms with van der Waals surface area (Å²) in [4.78, 5) is 7.41. The second-order valence-corrected chi connectivity index (χ2v) is 7.09. The number of benzene rings is 1. The second-order valence-electron chi connectivity index (χ2n) is 6.01. The molecule has 0 spiro atoms. The topological polar surface area (TPSA) is 25.4 Å². The van der Waals surface area contributed by atoms with E-state index in [-0.39, 0.29) is 0 Å². The standard InChI is InChI=1S/C18H24N2OS/c1-13-4-5-14(2)17-16(13)12-15(3)18(19-17)22-11-8-20-6-9-21-10-7-20/h4-5,12H,6-11H2,1-3H3. The molecule has 0 N–H and O–H groups in total. The van der Waals surface area contributed by atoms with Crippen LogP contribution >= 0.6 is 11.8 Å². The average Bonchev–Trinajstić information content (AvgIpc) is 2.53. The van der Waals surface area contributed by atoms with Crippen LogP contribution in [-0.2, 0) is 4.74 Å². The van der Waals surface area contributed by atoms with Crippen LogP contribution in [0, 0.1) is 20.8 Å². The number of morpholine rings is 1. The molecule has 1 saturated heterocycles. The van der Waals surface area contributed by atoms with Gasteiger partial charge in [0.05, 0.1) is 23.8 Å². The van der Waals surface area contributed by atoms with E-state index in [0.717, 1.165) is 44.1 Å². The van der Waals surface area contributed by atoms with E-state index in [9.17, 15) is 0 Å². The molecular formula is C18H24N2OS. The number of rotatable bonds is 4. The van der Waals surface area contributed by atoms with E-state index in [2.05, 4.69) is 43.9 Å². The molecule has 2 heterocycles. The van der Waals surface area contributed by atoms with Crippen LogP contribution in [0.5, 0.6) is 0 Å². The molecule has 3 rings (SSSR count). The van der Waals surface area contributed by atoms with Gasteiger partial charge >= 0.3 is 0 Å². The maximum Gasteiger partial charge on any atom is 0.0997 e. The van der Waals surface area contributed by atoms with Crippen molar-refractivity contribution in [3.63, 3.8) is 0 Å². The molecule has 0 atom stereocenters. The fourth-order valence-electron chi connectivity index (χ4n) is 2.86. The van der Waals surface area contributed by atoms with Gasteiger partial charge in [-0.05, 0) is 43.5 Å². The molecule has 0 unspecified atom stereocenters. The Hall–Kier alpha value is -1.10. The summed E-state index contributed by atoms with van der Waals surface area (Å²) in [6.07, 6.45) is 0.